The summed E-state index contributed by atoms with van der Waals surface area (Å²) in [6, 6.07) is 16.6. The number of rotatable bonds is 0. The Hall–Kier alpha value is -2.23. The van der Waals surface area contributed by atoms with E-state index >= 15 is 0 Å². The van der Waals surface area contributed by atoms with E-state index in [2.05, 4.69) is 19.6 Å². The van der Waals surface area contributed by atoms with Crippen molar-refractivity contribution in [3.05, 3.63) is 67.1 Å². The van der Waals surface area contributed by atoms with Crippen molar-refractivity contribution in [2.24, 2.45) is 0 Å². The second-order valence-electron chi connectivity index (χ2n) is 2.42. The highest BCUT2D eigenvalue weighted by atomic mass is 17.0. The molecular weight excluding hydrogens is 192 g/mol. The molecule has 4 nitrogen and oxygen atoms in total. The Bertz CT molecular complexity index is 249. The summed E-state index contributed by atoms with van der Waals surface area (Å²) in [7, 11) is 0. The zero-order valence-corrected chi connectivity index (χ0v) is 8.11. The topological polar surface area (TPSA) is 55.0 Å². The van der Waals surface area contributed by atoms with Crippen LogP contribution in [-0.2, 0) is 0 Å². The molecule has 0 unspecified atom stereocenters. The van der Waals surface area contributed by atoms with Crippen LogP contribution in [0.25, 0.3) is 0 Å². The van der Waals surface area contributed by atoms with Crippen molar-refractivity contribution in [2.75, 3.05) is 0 Å². The number of nitrogens with zero attached hydrogens (tertiary/aromatic N) is 1. The van der Waals surface area contributed by atoms with E-state index in [9.17, 15) is 0 Å². The maximum Gasteiger partial charge on any atom is 0.145 e. The van der Waals surface area contributed by atoms with E-state index in [0.717, 1.165) is 0 Å². The number of hydrogen-bond donors (Lipinski definition) is 1. The highest BCUT2D eigenvalue weighted by Crippen LogP contribution is 1.77. The Morgan fingerprint density at radius 1 is 0.733 bits per heavy atom. The van der Waals surface area contributed by atoms with E-state index in [-0.39, 0.29) is 0 Å². The molecule has 0 amide bonds. The molecule has 78 valence electrons. The average Bonchev–Trinajstić information content (AvgIpc) is 2.27. The van der Waals surface area contributed by atoms with Crippen LogP contribution in [0.3, 0.4) is 0 Å². The van der Waals surface area contributed by atoms with Gasteiger partial charge in [0.15, 0.2) is 0 Å². The molecular formula is C11H12N2O2. The van der Waals surface area contributed by atoms with Crippen LogP contribution < -0.4 is 0 Å². The molecule has 0 bridgehead atoms. The molecule has 0 atom stereocenters. The molecule has 1 aromatic heterocycles. The molecule has 1 rings (SSSR count). The van der Waals surface area contributed by atoms with Crippen molar-refractivity contribution in [3.63, 3.8) is 0 Å². The Balaban J connectivity index is 3.01. The molecule has 0 aromatic carbocycles. The van der Waals surface area contributed by atoms with Gasteiger partial charge in [-0.25, -0.2) is 0 Å². The second-order valence-corrected chi connectivity index (χ2v) is 2.42. The number of aromatic nitrogens is 2. The summed E-state index contributed by atoms with van der Waals surface area (Å²) in [5.41, 5.74) is 0. The van der Waals surface area contributed by atoms with Crippen molar-refractivity contribution < 1.29 is 9.26 Å². The van der Waals surface area contributed by atoms with Crippen molar-refractivity contribution >= 4 is 0 Å². The molecule has 0 spiro atoms. The zero-order valence-electron chi connectivity index (χ0n) is 8.11. The molecule has 1 aromatic rings. The smallest absolute Gasteiger partial charge is 0.145 e. The predicted molar refractivity (Wildman–Crippen MR) is 56.0 cm³/mol. The third kappa shape index (κ3) is 6.89. The van der Waals surface area contributed by atoms with E-state index < -0.39 is 0 Å². The van der Waals surface area contributed by atoms with Gasteiger partial charge in [-0.3, -0.25) is 4.58 Å². The molecule has 1 heterocycles. The van der Waals surface area contributed by atoms with Gasteiger partial charge < -0.3 is 0 Å². The Kier molecular flexibility index (Phi) is 6.05. The molecule has 15 heavy (non-hydrogen) atoms. The van der Waals surface area contributed by atoms with Crippen molar-refractivity contribution in [3.8, 4) is 0 Å². The summed E-state index contributed by atoms with van der Waals surface area (Å²) in [6.45, 7) is 0. The third-order valence-corrected chi connectivity index (χ3v) is 1.32. The standard InChI is InChI=1S/C11H12N2O2/c1-2-4-6-8-10-12-13-15-14-11-9-7-5-3-1/h1-11,13H. The molecule has 0 radical (unpaired) electrons. The first kappa shape index (κ1) is 10.8. The summed E-state index contributed by atoms with van der Waals surface area (Å²) in [6.07, 6.45) is 2.93. The summed E-state index contributed by atoms with van der Waals surface area (Å²) in [4.78, 5) is 0. The number of aromatic amines is 1. The maximum atomic E-state index is 4.59. The summed E-state index contributed by atoms with van der Waals surface area (Å²) in [5.74, 6) is 0. The van der Waals surface area contributed by atoms with Crippen LogP contribution in [0.5, 0.6) is 0 Å². The Labute approximate surface area is 87.4 Å². The fourth-order valence-corrected chi connectivity index (χ4v) is 0.720. The van der Waals surface area contributed by atoms with Crippen LogP contribution in [0, 0.1) is 0 Å². The molecule has 0 saturated heterocycles. The van der Waals surface area contributed by atoms with E-state index in [4.69, 9.17) is 0 Å². The highest BCUT2D eigenvalue weighted by molar-refractivity contribution is 4.94. The molecule has 0 fully saturated rings. The maximum absolute atomic E-state index is 4.59. The molecule has 4 heteroatoms. The molecule has 0 aliphatic carbocycles. The molecule has 0 aliphatic rings. The minimum absolute atomic E-state index is 1.39. The van der Waals surface area contributed by atoms with Gasteiger partial charge in [-0.15, -0.1) is 5.10 Å². The zero-order chi connectivity index (χ0) is 10.6. The summed E-state index contributed by atoms with van der Waals surface area (Å²) >= 11 is 0. The van der Waals surface area contributed by atoms with Crippen LogP contribution in [0.15, 0.2) is 76.3 Å². The molecule has 1 N–H and O–H groups in total. The first-order chi connectivity index (χ1) is 7.50. The van der Waals surface area contributed by atoms with Gasteiger partial charge in [0.25, 0.3) is 0 Å². The normalized spacial score (nSPS) is 8.00. The quantitative estimate of drug-likeness (QED) is 0.661. The SMILES string of the molecule is c1cccccn[nH]ooccccc1. The van der Waals surface area contributed by atoms with E-state index in [0.29, 0.717) is 0 Å². The number of nitrogens with one attached hydrogen (secondary N) is 1. The summed E-state index contributed by atoms with van der Waals surface area (Å²) < 4.78 is 9.06. The van der Waals surface area contributed by atoms with E-state index in [1.807, 2.05) is 42.5 Å². The van der Waals surface area contributed by atoms with Crippen LogP contribution in [0.2, 0.25) is 0 Å². The van der Waals surface area contributed by atoms with Gasteiger partial charge in [-0.05, 0) is 12.1 Å². The lowest BCUT2D eigenvalue weighted by Gasteiger charge is -1.69. The van der Waals surface area contributed by atoms with Gasteiger partial charge >= 0.3 is 0 Å². The van der Waals surface area contributed by atoms with Crippen LogP contribution in [-0.4, -0.2) is 10.4 Å². The number of hydrogen-bond acceptors (Lipinski definition) is 3. The first-order valence-electron chi connectivity index (χ1n) is 4.42. The van der Waals surface area contributed by atoms with Crippen LogP contribution in [0.1, 0.15) is 0 Å². The largest absolute Gasteiger partial charge is 0.276 e. The lowest BCUT2D eigenvalue weighted by molar-refractivity contribution is -0.0206. The van der Waals surface area contributed by atoms with Gasteiger partial charge in [0.2, 0.25) is 0 Å². The lowest BCUT2D eigenvalue weighted by Crippen LogP contribution is -1.65. The predicted octanol–water partition coefficient (Wildman–Crippen LogP) is 2.97. The third-order valence-electron chi connectivity index (χ3n) is 1.32. The van der Waals surface area contributed by atoms with Crippen molar-refractivity contribution in [1.29, 1.82) is 0 Å². The van der Waals surface area contributed by atoms with E-state index in [1.54, 1.807) is 18.3 Å². The van der Waals surface area contributed by atoms with Gasteiger partial charge in [0.05, 0.1) is 6.20 Å². The minimum Gasteiger partial charge on any atom is -0.276 e. The first-order valence-corrected chi connectivity index (χ1v) is 4.42. The van der Waals surface area contributed by atoms with Gasteiger partial charge in [-0.1, -0.05) is 47.7 Å². The van der Waals surface area contributed by atoms with Gasteiger partial charge in [0.1, 0.15) is 6.26 Å². The van der Waals surface area contributed by atoms with Crippen molar-refractivity contribution in [1.82, 2.24) is 10.4 Å². The average molecular weight is 204 g/mol. The van der Waals surface area contributed by atoms with Gasteiger partial charge in [0, 0.05) is 0 Å². The minimum atomic E-state index is 1.39. The monoisotopic (exact) mass is 204 g/mol. The van der Waals surface area contributed by atoms with E-state index in [1.165, 1.54) is 6.26 Å². The lowest BCUT2D eigenvalue weighted by atomic mass is 10.4. The fraction of sp³-hybridized carbons (Fsp3) is 0. The van der Waals surface area contributed by atoms with Crippen LogP contribution >= 0.6 is 0 Å². The fourth-order valence-electron chi connectivity index (χ4n) is 0.720. The molecule has 0 saturated carbocycles. The Morgan fingerprint density at radius 3 is 2.07 bits per heavy atom. The highest BCUT2D eigenvalue weighted by Gasteiger charge is 1.59. The number of H-pyrrole nitrogens is 1. The Morgan fingerprint density at radius 2 is 1.33 bits per heavy atom. The second kappa shape index (κ2) is 8.37. The molecule has 0 aliphatic heterocycles. The van der Waals surface area contributed by atoms with Crippen molar-refractivity contribution in [2.45, 2.75) is 0 Å². The van der Waals surface area contributed by atoms with Gasteiger partial charge in [-0.2, -0.15) is 4.68 Å². The van der Waals surface area contributed by atoms with Crippen LogP contribution in [0.4, 0.5) is 0 Å². The summed E-state index contributed by atoms with van der Waals surface area (Å²) in [5, 5.41) is 5.91.